The first-order chi connectivity index (χ1) is 9.10. The second kappa shape index (κ2) is 6.40. The molecule has 1 aliphatic rings. The monoisotopic (exact) mass is 263 g/mol. The van der Waals surface area contributed by atoms with E-state index in [1.807, 2.05) is 0 Å². The largest absolute Gasteiger partial charge is 0.488 e. The third-order valence-electron chi connectivity index (χ3n) is 3.72. The number of rotatable bonds is 6. The molecule has 19 heavy (non-hydrogen) atoms. The topological polar surface area (TPSA) is 30.5 Å². The molecule has 0 fully saturated rings. The molecule has 1 aromatic carbocycles. The molecule has 2 unspecified atom stereocenters. The van der Waals surface area contributed by atoms with Gasteiger partial charge in [0, 0.05) is 26.1 Å². The number of hydrogen-bond acceptors (Lipinski definition) is 3. The number of hydrogen-bond donors (Lipinski definition) is 1. The fraction of sp³-hybridized carbons (Fsp3) is 0.625. The van der Waals surface area contributed by atoms with Crippen LogP contribution < -0.4 is 10.1 Å². The van der Waals surface area contributed by atoms with Crippen LogP contribution in [-0.2, 0) is 11.2 Å². The Labute approximate surface area is 116 Å². The van der Waals surface area contributed by atoms with E-state index in [-0.39, 0.29) is 6.10 Å². The molecule has 1 heterocycles. The van der Waals surface area contributed by atoms with Crippen LogP contribution in [0.5, 0.6) is 5.75 Å². The molecule has 1 aromatic rings. The lowest BCUT2D eigenvalue weighted by molar-refractivity contribution is 0.136. The lowest BCUT2D eigenvalue weighted by atomic mass is 10.0. The molecule has 0 bridgehead atoms. The predicted octanol–water partition coefficient (Wildman–Crippen LogP) is 2.56. The Morgan fingerprint density at radius 2 is 2.21 bits per heavy atom. The highest BCUT2D eigenvalue weighted by Crippen LogP contribution is 2.29. The molecule has 2 rings (SSSR count). The minimum absolute atomic E-state index is 0.245. The number of ether oxygens (including phenoxy) is 2. The van der Waals surface area contributed by atoms with Crippen LogP contribution in [0, 0.1) is 12.8 Å². The summed E-state index contributed by atoms with van der Waals surface area (Å²) in [5.41, 5.74) is 2.63. The highest BCUT2D eigenvalue weighted by molar-refractivity contribution is 5.40. The first-order valence-electron chi connectivity index (χ1n) is 7.08. The second-order valence-electron chi connectivity index (χ2n) is 5.77. The van der Waals surface area contributed by atoms with Crippen LogP contribution >= 0.6 is 0 Å². The van der Waals surface area contributed by atoms with Crippen LogP contribution in [0.1, 0.15) is 25.0 Å². The standard InChI is InChI=1S/C16H25NO2/c1-11(2)15(10-18-4)17-9-14-8-13-7-12(3)5-6-16(13)19-14/h5-7,11,14-15,17H,8-10H2,1-4H3. The van der Waals surface area contributed by atoms with Crippen molar-refractivity contribution in [2.24, 2.45) is 5.92 Å². The lowest BCUT2D eigenvalue weighted by Crippen LogP contribution is -2.42. The molecule has 0 aromatic heterocycles. The first-order valence-corrected chi connectivity index (χ1v) is 7.08. The van der Waals surface area contributed by atoms with E-state index in [9.17, 15) is 0 Å². The van der Waals surface area contributed by atoms with Crippen molar-refractivity contribution >= 4 is 0 Å². The molecule has 0 spiro atoms. The van der Waals surface area contributed by atoms with Gasteiger partial charge in [-0.1, -0.05) is 31.5 Å². The summed E-state index contributed by atoms with van der Waals surface area (Å²) in [5.74, 6) is 1.61. The minimum Gasteiger partial charge on any atom is -0.488 e. The van der Waals surface area contributed by atoms with Gasteiger partial charge in [0.25, 0.3) is 0 Å². The van der Waals surface area contributed by atoms with Crippen molar-refractivity contribution in [2.75, 3.05) is 20.3 Å². The molecule has 0 aliphatic carbocycles. The van der Waals surface area contributed by atoms with E-state index in [0.29, 0.717) is 12.0 Å². The fourth-order valence-electron chi connectivity index (χ4n) is 2.51. The van der Waals surface area contributed by atoms with E-state index >= 15 is 0 Å². The van der Waals surface area contributed by atoms with Crippen molar-refractivity contribution in [1.82, 2.24) is 5.32 Å². The van der Waals surface area contributed by atoms with Crippen molar-refractivity contribution in [3.05, 3.63) is 29.3 Å². The Morgan fingerprint density at radius 3 is 2.89 bits per heavy atom. The number of nitrogens with one attached hydrogen (secondary N) is 1. The van der Waals surface area contributed by atoms with Crippen LogP contribution in [0.15, 0.2) is 18.2 Å². The zero-order valence-corrected chi connectivity index (χ0v) is 12.4. The van der Waals surface area contributed by atoms with E-state index in [1.165, 1.54) is 11.1 Å². The van der Waals surface area contributed by atoms with Crippen LogP contribution in [0.2, 0.25) is 0 Å². The lowest BCUT2D eigenvalue weighted by Gasteiger charge is -2.23. The summed E-state index contributed by atoms with van der Waals surface area (Å²) in [6.07, 6.45) is 1.25. The molecule has 2 atom stereocenters. The number of benzene rings is 1. The first kappa shape index (κ1) is 14.4. The highest BCUT2D eigenvalue weighted by atomic mass is 16.5. The van der Waals surface area contributed by atoms with Crippen molar-refractivity contribution in [3.63, 3.8) is 0 Å². The van der Waals surface area contributed by atoms with Crippen molar-refractivity contribution in [2.45, 2.75) is 39.3 Å². The van der Waals surface area contributed by atoms with Gasteiger partial charge in [-0.2, -0.15) is 0 Å². The van der Waals surface area contributed by atoms with Gasteiger partial charge in [-0.25, -0.2) is 0 Å². The molecule has 0 radical (unpaired) electrons. The highest BCUT2D eigenvalue weighted by Gasteiger charge is 2.24. The van der Waals surface area contributed by atoms with Crippen LogP contribution in [-0.4, -0.2) is 32.4 Å². The fourth-order valence-corrected chi connectivity index (χ4v) is 2.51. The smallest absolute Gasteiger partial charge is 0.123 e. The van der Waals surface area contributed by atoms with Gasteiger partial charge in [-0.05, 0) is 24.5 Å². The average Bonchev–Trinajstić information content (AvgIpc) is 2.75. The molecule has 3 nitrogen and oxygen atoms in total. The molecule has 0 amide bonds. The van der Waals surface area contributed by atoms with Crippen molar-refractivity contribution < 1.29 is 9.47 Å². The van der Waals surface area contributed by atoms with Gasteiger partial charge in [0.1, 0.15) is 11.9 Å². The SMILES string of the molecule is COCC(NCC1Cc2cc(C)ccc2O1)C(C)C. The summed E-state index contributed by atoms with van der Waals surface area (Å²) in [5, 5.41) is 3.56. The minimum atomic E-state index is 0.245. The van der Waals surface area contributed by atoms with E-state index in [4.69, 9.17) is 9.47 Å². The molecular weight excluding hydrogens is 238 g/mol. The second-order valence-corrected chi connectivity index (χ2v) is 5.77. The Hall–Kier alpha value is -1.06. The Morgan fingerprint density at radius 1 is 1.42 bits per heavy atom. The summed E-state index contributed by atoms with van der Waals surface area (Å²) in [4.78, 5) is 0. The summed E-state index contributed by atoms with van der Waals surface area (Å²) >= 11 is 0. The molecule has 0 saturated carbocycles. The van der Waals surface area contributed by atoms with E-state index in [1.54, 1.807) is 7.11 Å². The van der Waals surface area contributed by atoms with Crippen molar-refractivity contribution in [3.8, 4) is 5.75 Å². The summed E-state index contributed by atoms with van der Waals surface area (Å²) in [7, 11) is 1.75. The zero-order valence-electron chi connectivity index (χ0n) is 12.4. The number of methoxy groups -OCH3 is 1. The molecule has 106 valence electrons. The maximum absolute atomic E-state index is 5.97. The Bertz CT molecular complexity index is 417. The Kier molecular flexibility index (Phi) is 4.83. The maximum Gasteiger partial charge on any atom is 0.123 e. The molecule has 1 aliphatic heterocycles. The van der Waals surface area contributed by atoms with Gasteiger partial charge in [0.2, 0.25) is 0 Å². The van der Waals surface area contributed by atoms with E-state index in [2.05, 4.69) is 44.3 Å². The maximum atomic E-state index is 5.97. The van der Waals surface area contributed by atoms with E-state index in [0.717, 1.165) is 25.3 Å². The predicted molar refractivity (Wildman–Crippen MR) is 77.8 cm³/mol. The van der Waals surface area contributed by atoms with Crippen LogP contribution in [0.25, 0.3) is 0 Å². The van der Waals surface area contributed by atoms with Gasteiger partial charge in [0.05, 0.1) is 6.61 Å². The van der Waals surface area contributed by atoms with Gasteiger partial charge in [-0.15, -0.1) is 0 Å². The van der Waals surface area contributed by atoms with Gasteiger partial charge in [-0.3, -0.25) is 0 Å². The third-order valence-corrected chi connectivity index (χ3v) is 3.72. The summed E-state index contributed by atoms with van der Waals surface area (Å²) in [6.45, 7) is 8.17. The molecule has 1 N–H and O–H groups in total. The normalized spacial score (nSPS) is 19.3. The number of fused-ring (bicyclic) bond motifs is 1. The summed E-state index contributed by atoms with van der Waals surface area (Å²) < 4.78 is 11.2. The number of aryl methyl sites for hydroxylation is 1. The van der Waals surface area contributed by atoms with Crippen LogP contribution in [0.4, 0.5) is 0 Å². The molecule has 3 heteroatoms. The molecule has 0 saturated heterocycles. The van der Waals surface area contributed by atoms with E-state index < -0.39 is 0 Å². The zero-order chi connectivity index (χ0) is 13.8. The van der Waals surface area contributed by atoms with Crippen LogP contribution in [0.3, 0.4) is 0 Å². The quantitative estimate of drug-likeness (QED) is 0.855. The summed E-state index contributed by atoms with van der Waals surface area (Å²) in [6, 6.07) is 6.81. The molecular formula is C16H25NO2. The van der Waals surface area contributed by atoms with Crippen molar-refractivity contribution in [1.29, 1.82) is 0 Å². The third kappa shape index (κ3) is 3.71. The van der Waals surface area contributed by atoms with Gasteiger partial charge in [0.15, 0.2) is 0 Å². The average molecular weight is 263 g/mol. The van der Waals surface area contributed by atoms with Gasteiger partial charge >= 0.3 is 0 Å². The Balaban J connectivity index is 1.86. The van der Waals surface area contributed by atoms with Gasteiger partial charge < -0.3 is 14.8 Å².